The van der Waals surface area contributed by atoms with E-state index in [2.05, 4.69) is 35.6 Å². The van der Waals surface area contributed by atoms with Crippen LogP contribution < -0.4 is 0 Å². The molecule has 0 saturated carbocycles. The van der Waals surface area contributed by atoms with Crippen LogP contribution in [0.4, 0.5) is 0 Å². The summed E-state index contributed by atoms with van der Waals surface area (Å²) in [5, 5.41) is 11.8. The van der Waals surface area contributed by atoms with Crippen molar-refractivity contribution in [2.45, 2.75) is 51.7 Å². The van der Waals surface area contributed by atoms with Gasteiger partial charge in [0.25, 0.3) is 0 Å². The van der Waals surface area contributed by atoms with E-state index in [1.54, 1.807) is 6.20 Å². The molecule has 2 aromatic rings. The van der Waals surface area contributed by atoms with Crippen LogP contribution in [0.1, 0.15) is 55.4 Å². The van der Waals surface area contributed by atoms with Crippen molar-refractivity contribution in [1.82, 2.24) is 19.4 Å². The van der Waals surface area contributed by atoms with E-state index in [0.29, 0.717) is 5.92 Å². The molecule has 1 aliphatic heterocycles. The minimum Gasteiger partial charge on any atom is -0.385 e. The third kappa shape index (κ3) is 3.87. The lowest BCUT2D eigenvalue weighted by atomic mass is 9.90. The number of nitrogens with zero attached hydrogens (tertiary/aromatic N) is 4. The van der Waals surface area contributed by atoms with Crippen molar-refractivity contribution in [3.05, 3.63) is 34.3 Å². The second kappa shape index (κ2) is 6.94. The van der Waals surface area contributed by atoms with Gasteiger partial charge in [0.15, 0.2) is 0 Å². The van der Waals surface area contributed by atoms with Crippen molar-refractivity contribution in [1.29, 1.82) is 0 Å². The monoisotopic (exact) mass is 348 g/mol. The molecular weight excluding hydrogens is 320 g/mol. The summed E-state index contributed by atoms with van der Waals surface area (Å²) < 4.78 is 1.92. The van der Waals surface area contributed by atoms with Gasteiger partial charge in [0.2, 0.25) is 0 Å². The summed E-state index contributed by atoms with van der Waals surface area (Å²) in [7, 11) is 1.94. The van der Waals surface area contributed by atoms with E-state index >= 15 is 0 Å². The van der Waals surface area contributed by atoms with Crippen molar-refractivity contribution >= 4 is 11.3 Å². The molecule has 1 fully saturated rings. The number of aromatic nitrogens is 3. The standard InChI is InChI=1S/C18H28N4OS/c1-18(2,3)17-20-11-14(24-17)12-22-8-5-13(6-9-22)15(23)16-19-7-10-21(16)4/h7,10-11,13,15,23H,5-6,8-9,12H2,1-4H3/t15-/m0/s1. The number of piperidine rings is 1. The Morgan fingerprint density at radius 1 is 1.29 bits per heavy atom. The van der Waals surface area contributed by atoms with Gasteiger partial charge in [-0.2, -0.15) is 0 Å². The Labute approximate surface area is 148 Å². The molecule has 3 heterocycles. The fourth-order valence-electron chi connectivity index (χ4n) is 3.25. The van der Waals surface area contributed by atoms with E-state index < -0.39 is 6.10 Å². The van der Waals surface area contributed by atoms with Gasteiger partial charge in [-0.1, -0.05) is 20.8 Å². The molecule has 0 amide bonds. The van der Waals surface area contributed by atoms with E-state index in [9.17, 15) is 5.11 Å². The van der Waals surface area contributed by atoms with Gasteiger partial charge in [-0.3, -0.25) is 4.90 Å². The minimum atomic E-state index is -0.456. The highest BCUT2D eigenvalue weighted by atomic mass is 32.1. The summed E-state index contributed by atoms with van der Waals surface area (Å²) in [6.07, 6.45) is 7.25. The fourth-order valence-corrected chi connectivity index (χ4v) is 4.26. The van der Waals surface area contributed by atoms with Crippen molar-refractivity contribution in [3.8, 4) is 0 Å². The lowest BCUT2D eigenvalue weighted by Gasteiger charge is -2.33. The number of aliphatic hydroxyl groups is 1. The van der Waals surface area contributed by atoms with Crippen molar-refractivity contribution in [2.24, 2.45) is 13.0 Å². The summed E-state index contributed by atoms with van der Waals surface area (Å²) in [4.78, 5) is 12.7. The first kappa shape index (κ1) is 17.6. The number of aryl methyl sites for hydroxylation is 1. The number of hydrogen-bond donors (Lipinski definition) is 1. The Hall–Kier alpha value is -1.24. The third-order valence-electron chi connectivity index (χ3n) is 4.78. The fraction of sp³-hybridized carbons (Fsp3) is 0.667. The highest BCUT2D eigenvalue weighted by molar-refractivity contribution is 7.11. The zero-order valence-electron chi connectivity index (χ0n) is 15.1. The third-order valence-corrected chi connectivity index (χ3v) is 6.18. The van der Waals surface area contributed by atoms with Crippen LogP contribution in [0, 0.1) is 5.92 Å². The first-order valence-electron chi connectivity index (χ1n) is 8.67. The molecular formula is C18H28N4OS. The average Bonchev–Trinajstić information content (AvgIpc) is 3.16. The summed E-state index contributed by atoms with van der Waals surface area (Å²) in [5.41, 5.74) is 0.127. The molecule has 0 unspecified atom stereocenters. The van der Waals surface area contributed by atoms with Gasteiger partial charge in [-0.05, 0) is 31.8 Å². The Morgan fingerprint density at radius 3 is 2.54 bits per heavy atom. The number of likely N-dealkylation sites (tertiary alicyclic amines) is 1. The smallest absolute Gasteiger partial charge is 0.137 e. The highest BCUT2D eigenvalue weighted by Gasteiger charge is 2.28. The largest absolute Gasteiger partial charge is 0.385 e. The van der Waals surface area contributed by atoms with Gasteiger partial charge in [-0.25, -0.2) is 9.97 Å². The Kier molecular flexibility index (Phi) is 5.08. The molecule has 0 aromatic carbocycles. The maximum absolute atomic E-state index is 10.6. The van der Waals surface area contributed by atoms with Crippen LogP contribution in [0.3, 0.4) is 0 Å². The van der Waals surface area contributed by atoms with Crippen molar-refractivity contribution in [3.63, 3.8) is 0 Å². The maximum atomic E-state index is 10.6. The van der Waals surface area contributed by atoms with Crippen LogP contribution >= 0.6 is 11.3 Å². The lowest BCUT2D eigenvalue weighted by Crippen LogP contribution is -2.35. The number of rotatable bonds is 4. The molecule has 0 radical (unpaired) electrons. The van der Waals surface area contributed by atoms with Crippen LogP contribution in [0.2, 0.25) is 0 Å². The van der Waals surface area contributed by atoms with Gasteiger partial charge >= 0.3 is 0 Å². The predicted molar refractivity (Wildman–Crippen MR) is 97.0 cm³/mol. The number of imidazole rings is 1. The van der Waals surface area contributed by atoms with Crippen LogP contribution in [0.5, 0.6) is 0 Å². The zero-order valence-corrected chi connectivity index (χ0v) is 15.9. The Bertz CT molecular complexity index is 665. The van der Waals surface area contributed by atoms with Gasteiger partial charge < -0.3 is 9.67 Å². The molecule has 3 rings (SSSR count). The summed E-state index contributed by atoms with van der Waals surface area (Å²) in [6.45, 7) is 9.64. The van der Waals surface area contributed by atoms with Gasteiger partial charge in [-0.15, -0.1) is 11.3 Å². The van der Waals surface area contributed by atoms with Crippen LogP contribution in [-0.2, 0) is 19.0 Å². The van der Waals surface area contributed by atoms with E-state index in [0.717, 1.165) is 38.3 Å². The summed E-state index contributed by atoms with van der Waals surface area (Å²) in [5.74, 6) is 1.08. The molecule has 1 saturated heterocycles. The molecule has 1 N–H and O–H groups in total. The molecule has 0 spiro atoms. The zero-order chi connectivity index (χ0) is 17.3. The summed E-state index contributed by atoms with van der Waals surface area (Å²) >= 11 is 1.83. The van der Waals surface area contributed by atoms with E-state index in [1.165, 1.54) is 9.88 Å². The van der Waals surface area contributed by atoms with Crippen LogP contribution in [0.15, 0.2) is 18.6 Å². The predicted octanol–water partition coefficient (Wildman–Crippen LogP) is 3.12. The van der Waals surface area contributed by atoms with Crippen molar-refractivity contribution < 1.29 is 5.11 Å². The molecule has 24 heavy (non-hydrogen) atoms. The minimum absolute atomic E-state index is 0.127. The first-order chi connectivity index (χ1) is 11.3. The second-order valence-corrected chi connectivity index (χ2v) is 8.95. The maximum Gasteiger partial charge on any atom is 0.137 e. The quantitative estimate of drug-likeness (QED) is 0.922. The molecule has 1 aliphatic rings. The topological polar surface area (TPSA) is 54.2 Å². The Balaban J connectivity index is 1.54. The van der Waals surface area contributed by atoms with Crippen molar-refractivity contribution in [2.75, 3.05) is 13.1 Å². The van der Waals surface area contributed by atoms with E-state index in [1.807, 2.05) is 35.3 Å². The SMILES string of the molecule is Cn1ccnc1[C@@H](O)C1CCN(Cc2cnc(C(C)(C)C)s2)CC1. The number of thiazole rings is 1. The Morgan fingerprint density at radius 2 is 2.00 bits per heavy atom. The average molecular weight is 349 g/mol. The highest BCUT2D eigenvalue weighted by Crippen LogP contribution is 2.31. The molecule has 132 valence electrons. The van der Waals surface area contributed by atoms with Gasteiger partial charge in [0.05, 0.1) is 5.01 Å². The number of hydrogen-bond acceptors (Lipinski definition) is 5. The van der Waals surface area contributed by atoms with Gasteiger partial charge in [0.1, 0.15) is 11.9 Å². The van der Waals surface area contributed by atoms with E-state index in [4.69, 9.17) is 0 Å². The van der Waals surface area contributed by atoms with Crippen LogP contribution in [0.25, 0.3) is 0 Å². The summed E-state index contributed by atoms with van der Waals surface area (Å²) in [6, 6.07) is 0. The van der Waals surface area contributed by atoms with Crippen LogP contribution in [-0.4, -0.2) is 37.6 Å². The molecule has 1 atom stereocenters. The molecule has 0 aliphatic carbocycles. The molecule has 5 nitrogen and oxygen atoms in total. The van der Waals surface area contributed by atoms with E-state index in [-0.39, 0.29) is 5.41 Å². The first-order valence-corrected chi connectivity index (χ1v) is 9.49. The number of aliphatic hydroxyl groups excluding tert-OH is 1. The molecule has 6 heteroatoms. The second-order valence-electron chi connectivity index (χ2n) is 7.84. The molecule has 0 bridgehead atoms. The van der Waals surface area contributed by atoms with Gasteiger partial charge in [0, 0.05) is 42.5 Å². The lowest BCUT2D eigenvalue weighted by molar-refractivity contribution is 0.0494. The molecule has 2 aromatic heterocycles. The normalized spacial score (nSPS) is 18.9.